The van der Waals surface area contributed by atoms with Gasteiger partial charge in [0, 0.05) is 18.4 Å². The van der Waals surface area contributed by atoms with E-state index in [0.29, 0.717) is 12.6 Å². The maximum absolute atomic E-state index is 8.78. The Labute approximate surface area is 90.4 Å². The predicted octanol–water partition coefficient (Wildman–Crippen LogP) is 2.13. The highest BCUT2D eigenvalue weighted by Crippen LogP contribution is 2.29. The third kappa shape index (κ3) is 2.34. The highest BCUT2D eigenvalue weighted by molar-refractivity contribution is 5.15. The number of nitriles is 1. The molecule has 0 spiro atoms. The Kier molecular flexibility index (Phi) is 3.31. The molecule has 1 aromatic heterocycles. The largest absolute Gasteiger partial charge is 0.283 e. The van der Waals surface area contributed by atoms with E-state index in [1.165, 1.54) is 18.4 Å². The molecule has 0 N–H and O–H groups in total. The van der Waals surface area contributed by atoms with Crippen molar-refractivity contribution in [2.24, 2.45) is 0 Å². The number of nitrogens with zero attached hydrogens (tertiary/aromatic N) is 3. The van der Waals surface area contributed by atoms with Gasteiger partial charge in [0.25, 0.3) is 0 Å². The minimum atomic E-state index is 0.395. The Morgan fingerprint density at radius 2 is 2.47 bits per heavy atom. The Morgan fingerprint density at radius 1 is 1.53 bits per heavy atom. The van der Waals surface area contributed by atoms with Gasteiger partial charge in [-0.25, -0.2) is 0 Å². The lowest BCUT2D eigenvalue weighted by molar-refractivity contribution is 0.168. The summed E-state index contributed by atoms with van der Waals surface area (Å²) >= 11 is 0. The first-order valence-corrected chi connectivity index (χ1v) is 5.43. The Morgan fingerprint density at radius 3 is 3.20 bits per heavy atom. The van der Waals surface area contributed by atoms with Gasteiger partial charge < -0.3 is 0 Å². The van der Waals surface area contributed by atoms with Gasteiger partial charge in [0.15, 0.2) is 0 Å². The Balaban J connectivity index is 2.15. The molecule has 1 atom stereocenters. The van der Waals surface area contributed by atoms with Crippen LogP contribution < -0.4 is 0 Å². The molecule has 1 aromatic rings. The zero-order chi connectivity index (χ0) is 10.5. The van der Waals surface area contributed by atoms with Crippen molar-refractivity contribution in [2.75, 3.05) is 13.1 Å². The third-order valence-corrected chi connectivity index (χ3v) is 2.96. The third-order valence-electron chi connectivity index (χ3n) is 2.96. The molecule has 1 fully saturated rings. The fraction of sp³-hybridized carbons (Fsp3) is 0.500. The van der Waals surface area contributed by atoms with E-state index in [4.69, 9.17) is 5.26 Å². The van der Waals surface area contributed by atoms with Gasteiger partial charge in [-0.3, -0.25) is 9.88 Å². The van der Waals surface area contributed by atoms with E-state index in [0.717, 1.165) is 13.0 Å². The molecule has 0 unspecified atom stereocenters. The van der Waals surface area contributed by atoms with Crippen molar-refractivity contribution in [1.82, 2.24) is 9.88 Å². The molecule has 2 rings (SSSR count). The van der Waals surface area contributed by atoms with E-state index in [1.807, 2.05) is 12.3 Å². The SMILES string of the molecule is N#CCN1CCCC[C@H]1c1cccnc1. The van der Waals surface area contributed by atoms with Crippen molar-refractivity contribution in [3.63, 3.8) is 0 Å². The first kappa shape index (κ1) is 10.1. The zero-order valence-corrected chi connectivity index (χ0v) is 8.76. The van der Waals surface area contributed by atoms with Crippen LogP contribution in [0.2, 0.25) is 0 Å². The van der Waals surface area contributed by atoms with Crippen LogP contribution in [-0.2, 0) is 0 Å². The van der Waals surface area contributed by atoms with E-state index >= 15 is 0 Å². The normalized spacial score (nSPS) is 22.2. The van der Waals surface area contributed by atoms with Crippen molar-refractivity contribution in [1.29, 1.82) is 5.26 Å². The highest BCUT2D eigenvalue weighted by Gasteiger charge is 2.23. The molecule has 1 aliphatic heterocycles. The molecule has 0 aliphatic carbocycles. The topological polar surface area (TPSA) is 39.9 Å². The van der Waals surface area contributed by atoms with Crippen LogP contribution in [0.15, 0.2) is 24.5 Å². The number of likely N-dealkylation sites (tertiary alicyclic amines) is 1. The molecule has 0 bridgehead atoms. The first-order valence-electron chi connectivity index (χ1n) is 5.43. The van der Waals surface area contributed by atoms with Gasteiger partial charge in [-0.2, -0.15) is 5.26 Å². The molecule has 0 amide bonds. The first-order chi connectivity index (χ1) is 7.42. The van der Waals surface area contributed by atoms with Gasteiger partial charge >= 0.3 is 0 Å². The minimum absolute atomic E-state index is 0.395. The summed E-state index contributed by atoms with van der Waals surface area (Å²) in [5.74, 6) is 0. The molecule has 3 heteroatoms. The van der Waals surface area contributed by atoms with Crippen molar-refractivity contribution < 1.29 is 0 Å². The van der Waals surface area contributed by atoms with Crippen molar-refractivity contribution in [3.05, 3.63) is 30.1 Å². The predicted molar refractivity (Wildman–Crippen MR) is 58.0 cm³/mol. The van der Waals surface area contributed by atoms with Crippen LogP contribution in [0.1, 0.15) is 30.9 Å². The fourth-order valence-electron chi connectivity index (χ4n) is 2.22. The maximum atomic E-state index is 8.78. The molecule has 78 valence electrons. The summed E-state index contributed by atoms with van der Waals surface area (Å²) in [6, 6.07) is 6.71. The van der Waals surface area contributed by atoms with Crippen LogP contribution in [0.25, 0.3) is 0 Å². The van der Waals surface area contributed by atoms with Gasteiger partial charge in [0.2, 0.25) is 0 Å². The summed E-state index contributed by atoms with van der Waals surface area (Å²) in [7, 11) is 0. The second-order valence-corrected chi connectivity index (χ2v) is 3.93. The molecular weight excluding hydrogens is 186 g/mol. The highest BCUT2D eigenvalue weighted by atomic mass is 15.2. The van der Waals surface area contributed by atoms with Gasteiger partial charge in [0.1, 0.15) is 0 Å². The summed E-state index contributed by atoms with van der Waals surface area (Å²) < 4.78 is 0. The van der Waals surface area contributed by atoms with Crippen molar-refractivity contribution in [2.45, 2.75) is 25.3 Å². The number of rotatable bonds is 2. The average molecular weight is 201 g/mol. The molecule has 2 heterocycles. The van der Waals surface area contributed by atoms with Crippen LogP contribution in [0.5, 0.6) is 0 Å². The second-order valence-electron chi connectivity index (χ2n) is 3.93. The van der Waals surface area contributed by atoms with E-state index in [2.05, 4.69) is 22.0 Å². The molecule has 3 nitrogen and oxygen atoms in total. The monoisotopic (exact) mass is 201 g/mol. The van der Waals surface area contributed by atoms with Gasteiger partial charge in [-0.15, -0.1) is 0 Å². The van der Waals surface area contributed by atoms with Crippen LogP contribution in [-0.4, -0.2) is 23.0 Å². The summed E-state index contributed by atoms with van der Waals surface area (Å²) in [6.07, 6.45) is 7.31. The lowest BCUT2D eigenvalue weighted by atomic mass is 9.96. The number of hydrogen-bond acceptors (Lipinski definition) is 3. The van der Waals surface area contributed by atoms with Crippen molar-refractivity contribution >= 4 is 0 Å². The molecular formula is C12H15N3. The maximum Gasteiger partial charge on any atom is 0.0871 e. The van der Waals surface area contributed by atoms with E-state index in [9.17, 15) is 0 Å². The smallest absolute Gasteiger partial charge is 0.0871 e. The van der Waals surface area contributed by atoms with Crippen LogP contribution in [0, 0.1) is 11.3 Å². The summed E-state index contributed by atoms with van der Waals surface area (Å²) in [5, 5.41) is 8.78. The molecule has 0 saturated carbocycles. The van der Waals surface area contributed by atoms with Crippen LogP contribution in [0.4, 0.5) is 0 Å². The van der Waals surface area contributed by atoms with Crippen LogP contribution in [0.3, 0.4) is 0 Å². The standard InChI is InChI=1S/C12H15N3/c13-6-9-15-8-2-1-5-12(15)11-4-3-7-14-10-11/h3-4,7,10,12H,1-2,5,8-9H2/t12-/m0/s1. The quantitative estimate of drug-likeness (QED) is 0.688. The number of aromatic nitrogens is 1. The van der Waals surface area contributed by atoms with E-state index in [1.54, 1.807) is 6.20 Å². The summed E-state index contributed by atoms with van der Waals surface area (Å²) in [6.45, 7) is 1.56. The minimum Gasteiger partial charge on any atom is -0.283 e. The van der Waals surface area contributed by atoms with Gasteiger partial charge in [0.05, 0.1) is 12.6 Å². The fourth-order valence-corrected chi connectivity index (χ4v) is 2.22. The van der Waals surface area contributed by atoms with Crippen LogP contribution >= 0.6 is 0 Å². The molecule has 15 heavy (non-hydrogen) atoms. The lowest BCUT2D eigenvalue weighted by Crippen LogP contribution is -2.33. The number of hydrogen-bond donors (Lipinski definition) is 0. The van der Waals surface area contributed by atoms with Gasteiger partial charge in [-0.1, -0.05) is 12.5 Å². The second kappa shape index (κ2) is 4.90. The average Bonchev–Trinajstić information content (AvgIpc) is 2.31. The zero-order valence-electron chi connectivity index (χ0n) is 8.76. The Hall–Kier alpha value is -1.40. The lowest BCUT2D eigenvalue weighted by Gasteiger charge is -2.33. The van der Waals surface area contributed by atoms with E-state index in [-0.39, 0.29) is 0 Å². The summed E-state index contributed by atoms with van der Waals surface area (Å²) in [4.78, 5) is 6.40. The van der Waals surface area contributed by atoms with Gasteiger partial charge in [-0.05, 0) is 31.0 Å². The number of pyridine rings is 1. The summed E-state index contributed by atoms with van der Waals surface area (Å²) in [5.41, 5.74) is 1.24. The molecule has 1 saturated heterocycles. The van der Waals surface area contributed by atoms with E-state index < -0.39 is 0 Å². The van der Waals surface area contributed by atoms with Crippen molar-refractivity contribution in [3.8, 4) is 6.07 Å². The molecule has 0 radical (unpaired) electrons. The molecule has 1 aliphatic rings. The molecule has 0 aromatic carbocycles. The number of piperidine rings is 1. The Bertz CT molecular complexity index is 342.